The maximum absolute atomic E-state index is 13.1. The van der Waals surface area contributed by atoms with Gasteiger partial charge in [-0.15, -0.1) is 0 Å². The summed E-state index contributed by atoms with van der Waals surface area (Å²) in [6, 6.07) is 18.2. The van der Waals surface area contributed by atoms with Gasteiger partial charge in [-0.2, -0.15) is 0 Å². The largest absolute Gasteiger partial charge is 0.456 e. The van der Waals surface area contributed by atoms with Gasteiger partial charge in [-0.1, -0.05) is 19.9 Å². The minimum absolute atomic E-state index is 0.303. The first-order chi connectivity index (χ1) is 15.2. The molecule has 2 aliphatic heterocycles. The first-order valence-electron chi connectivity index (χ1n) is 10.9. The van der Waals surface area contributed by atoms with Gasteiger partial charge in [0.25, 0.3) is 0 Å². The van der Waals surface area contributed by atoms with E-state index >= 15 is 0 Å². The molecule has 0 amide bonds. The van der Waals surface area contributed by atoms with Crippen LogP contribution in [0.15, 0.2) is 54.6 Å². The first-order valence-corrected chi connectivity index (χ1v) is 10.9. The topological polar surface area (TPSA) is 42.0 Å². The summed E-state index contributed by atoms with van der Waals surface area (Å²) in [5, 5.41) is 0. The molecule has 0 radical (unpaired) electrons. The highest BCUT2D eigenvalue weighted by molar-refractivity contribution is 5.97. The highest BCUT2D eigenvalue weighted by Gasteiger charge is 2.53. The molecule has 0 atom stereocenters. The van der Waals surface area contributed by atoms with Crippen LogP contribution in [-0.2, 0) is 10.3 Å². The molecule has 3 aromatic rings. The molecule has 3 aromatic carbocycles. The number of esters is 1. The first kappa shape index (κ1) is 20.4. The van der Waals surface area contributed by atoms with Crippen molar-refractivity contribution >= 4 is 17.3 Å². The number of anilines is 2. The van der Waals surface area contributed by atoms with E-state index in [9.17, 15) is 4.79 Å². The summed E-state index contributed by atoms with van der Waals surface area (Å²) >= 11 is 0. The number of nitrogens with zero attached hydrogens (tertiary/aromatic N) is 2. The summed E-state index contributed by atoms with van der Waals surface area (Å²) in [7, 11) is 7.99. The number of carbonyl (C=O) groups is 1. The van der Waals surface area contributed by atoms with Crippen molar-refractivity contribution in [2.45, 2.75) is 25.4 Å². The van der Waals surface area contributed by atoms with Gasteiger partial charge in [0.05, 0.1) is 5.56 Å². The van der Waals surface area contributed by atoms with Crippen molar-refractivity contribution in [2.24, 2.45) is 0 Å². The Balaban J connectivity index is 1.84. The van der Waals surface area contributed by atoms with Crippen molar-refractivity contribution in [3.8, 4) is 11.5 Å². The summed E-state index contributed by atoms with van der Waals surface area (Å²) in [6.45, 7) is 4.31. The molecule has 0 saturated heterocycles. The molecule has 164 valence electrons. The van der Waals surface area contributed by atoms with E-state index in [1.54, 1.807) is 0 Å². The lowest BCUT2D eigenvalue weighted by Crippen LogP contribution is -2.33. The Kier molecular flexibility index (Phi) is 4.48. The fourth-order valence-electron chi connectivity index (χ4n) is 4.63. The van der Waals surface area contributed by atoms with Crippen LogP contribution in [0.3, 0.4) is 0 Å². The molecule has 5 heteroatoms. The average Bonchev–Trinajstić information content (AvgIpc) is 3.05. The quantitative estimate of drug-likeness (QED) is 0.515. The van der Waals surface area contributed by atoms with Crippen LogP contribution in [0.5, 0.6) is 11.5 Å². The Morgan fingerprint density at radius 2 is 1.31 bits per heavy atom. The Labute approximate surface area is 189 Å². The lowest BCUT2D eigenvalue weighted by Gasteiger charge is -2.37. The van der Waals surface area contributed by atoms with Crippen molar-refractivity contribution in [1.29, 1.82) is 0 Å². The van der Waals surface area contributed by atoms with Gasteiger partial charge in [-0.05, 0) is 47.9 Å². The van der Waals surface area contributed by atoms with Crippen LogP contribution in [0.25, 0.3) is 0 Å². The summed E-state index contributed by atoms with van der Waals surface area (Å²) in [5.74, 6) is 1.44. The van der Waals surface area contributed by atoms with Gasteiger partial charge in [0.2, 0.25) is 0 Å². The smallest absolute Gasteiger partial charge is 0.340 e. The maximum atomic E-state index is 13.1. The van der Waals surface area contributed by atoms with Crippen LogP contribution in [-0.4, -0.2) is 34.2 Å². The zero-order chi connectivity index (χ0) is 22.8. The van der Waals surface area contributed by atoms with E-state index in [0.29, 0.717) is 23.0 Å². The SMILES string of the molecule is CC(C)c1ccc2c(c1)C1(OC2=O)c2ccc(N(C)C)cc2Oc2cc(N(C)C)ccc21. The van der Waals surface area contributed by atoms with Crippen LogP contribution in [0.1, 0.15) is 52.4 Å². The summed E-state index contributed by atoms with van der Waals surface area (Å²) in [6.07, 6.45) is 0. The van der Waals surface area contributed by atoms with Crippen molar-refractivity contribution < 1.29 is 14.3 Å². The Bertz CT molecular complexity index is 1190. The molecule has 0 N–H and O–H groups in total. The van der Waals surface area contributed by atoms with Gasteiger partial charge in [-0.25, -0.2) is 4.79 Å². The molecule has 1 spiro atoms. The third-order valence-electron chi connectivity index (χ3n) is 6.50. The van der Waals surface area contributed by atoms with E-state index in [2.05, 4.69) is 19.9 Å². The molecule has 5 nitrogen and oxygen atoms in total. The van der Waals surface area contributed by atoms with E-state index in [4.69, 9.17) is 9.47 Å². The molecule has 2 heterocycles. The van der Waals surface area contributed by atoms with Crippen LogP contribution in [0, 0.1) is 0 Å². The Morgan fingerprint density at radius 3 is 1.81 bits per heavy atom. The van der Waals surface area contributed by atoms with Crippen LogP contribution >= 0.6 is 0 Å². The number of hydrogen-bond acceptors (Lipinski definition) is 5. The molecular formula is C27H28N2O3. The molecule has 0 aromatic heterocycles. The van der Waals surface area contributed by atoms with Gasteiger partial charge in [-0.3, -0.25) is 0 Å². The van der Waals surface area contributed by atoms with Gasteiger partial charge in [0.15, 0.2) is 5.60 Å². The fraction of sp³-hybridized carbons (Fsp3) is 0.296. The Morgan fingerprint density at radius 1 is 0.750 bits per heavy atom. The lowest BCUT2D eigenvalue weighted by molar-refractivity contribution is 0.0224. The summed E-state index contributed by atoms with van der Waals surface area (Å²) < 4.78 is 12.7. The van der Waals surface area contributed by atoms with Gasteiger partial charge < -0.3 is 19.3 Å². The van der Waals surface area contributed by atoms with Crippen LogP contribution in [0.2, 0.25) is 0 Å². The molecule has 0 fully saturated rings. The van der Waals surface area contributed by atoms with E-state index < -0.39 is 5.60 Å². The van der Waals surface area contributed by atoms with Crippen LogP contribution in [0.4, 0.5) is 11.4 Å². The maximum Gasteiger partial charge on any atom is 0.340 e. The van der Waals surface area contributed by atoms with Gasteiger partial charge in [0, 0.05) is 68.4 Å². The van der Waals surface area contributed by atoms with Crippen molar-refractivity contribution in [2.75, 3.05) is 38.0 Å². The number of ether oxygens (including phenoxy) is 2. The minimum Gasteiger partial charge on any atom is -0.456 e. The number of rotatable bonds is 3. The molecule has 0 saturated carbocycles. The van der Waals surface area contributed by atoms with E-state index in [1.165, 1.54) is 5.56 Å². The third-order valence-corrected chi connectivity index (χ3v) is 6.50. The van der Waals surface area contributed by atoms with E-state index in [0.717, 1.165) is 28.1 Å². The number of benzene rings is 3. The lowest BCUT2D eigenvalue weighted by atomic mass is 9.76. The van der Waals surface area contributed by atoms with Crippen molar-refractivity contribution in [3.05, 3.63) is 82.4 Å². The second-order valence-electron chi connectivity index (χ2n) is 9.28. The number of hydrogen-bond donors (Lipinski definition) is 0. The molecule has 2 aliphatic rings. The zero-order valence-corrected chi connectivity index (χ0v) is 19.4. The normalized spacial score (nSPS) is 15.0. The highest BCUT2D eigenvalue weighted by atomic mass is 16.6. The second kappa shape index (κ2) is 7.02. The summed E-state index contributed by atoms with van der Waals surface area (Å²) in [5.41, 5.74) is 5.37. The number of fused-ring (bicyclic) bond motifs is 6. The monoisotopic (exact) mass is 428 g/mol. The predicted octanol–water partition coefficient (Wildman–Crippen LogP) is 5.51. The van der Waals surface area contributed by atoms with E-state index in [-0.39, 0.29) is 5.97 Å². The van der Waals surface area contributed by atoms with Gasteiger partial charge >= 0.3 is 5.97 Å². The van der Waals surface area contributed by atoms with Gasteiger partial charge in [0.1, 0.15) is 11.5 Å². The predicted molar refractivity (Wildman–Crippen MR) is 127 cm³/mol. The molecule has 0 bridgehead atoms. The molecule has 32 heavy (non-hydrogen) atoms. The number of carbonyl (C=O) groups excluding carboxylic acids is 1. The van der Waals surface area contributed by atoms with Crippen molar-refractivity contribution in [3.63, 3.8) is 0 Å². The minimum atomic E-state index is -1.03. The Hall–Kier alpha value is -3.47. The highest BCUT2D eigenvalue weighted by Crippen LogP contribution is 2.57. The molecular weight excluding hydrogens is 400 g/mol. The van der Waals surface area contributed by atoms with E-state index in [1.807, 2.05) is 86.5 Å². The third kappa shape index (κ3) is 2.80. The summed E-state index contributed by atoms with van der Waals surface area (Å²) in [4.78, 5) is 17.2. The zero-order valence-electron chi connectivity index (χ0n) is 19.4. The van der Waals surface area contributed by atoms with Crippen molar-refractivity contribution in [1.82, 2.24) is 0 Å². The standard InChI is InChI=1S/C27H28N2O3/c1-16(2)17-7-10-20-23(13-17)27(32-26(20)30)21-11-8-18(28(3)4)14-24(21)31-25-15-19(29(5)6)9-12-22(25)27/h7-16H,1-6H3. The molecule has 0 aliphatic carbocycles. The molecule has 5 rings (SSSR count). The fourth-order valence-corrected chi connectivity index (χ4v) is 4.63. The second-order valence-corrected chi connectivity index (χ2v) is 9.28. The average molecular weight is 429 g/mol. The van der Waals surface area contributed by atoms with Crippen LogP contribution < -0.4 is 14.5 Å². The molecule has 0 unspecified atom stereocenters.